The third-order valence-corrected chi connectivity index (χ3v) is 4.46. The average Bonchev–Trinajstić information content (AvgIpc) is 2.96. The Morgan fingerprint density at radius 2 is 1.96 bits per heavy atom. The molecule has 0 N–H and O–H groups in total. The molecule has 4 nitrogen and oxygen atoms in total. The number of hydrogen-bond donors (Lipinski definition) is 0. The van der Waals surface area contributed by atoms with E-state index in [1.165, 1.54) is 17.3 Å². The van der Waals surface area contributed by atoms with Gasteiger partial charge in [0.05, 0.1) is 5.92 Å². The van der Waals surface area contributed by atoms with Gasteiger partial charge in [-0.1, -0.05) is 61.1 Å². The lowest BCUT2D eigenvalue weighted by atomic mass is 9.91. The van der Waals surface area contributed by atoms with Gasteiger partial charge in [-0.25, -0.2) is 0 Å². The third-order valence-electron chi connectivity index (χ3n) is 3.65. The van der Waals surface area contributed by atoms with Crippen LogP contribution in [0, 0.1) is 5.92 Å². The van der Waals surface area contributed by atoms with Crippen molar-refractivity contribution in [3.63, 3.8) is 0 Å². The van der Waals surface area contributed by atoms with Crippen LogP contribution in [0.4, 0.5) is 0 Å². The molecule has 124 valence electrons. The average molecular weight is 332 g/mol. The molecule has 0 aliphatic rings. The minimum Gasteiger partial charge on any atom is -0.339 e. The van der Waals surface area contributed by atoms with Gasteiger partial charge in [0.2, 0.25) is 5.89 Å². The van der Waals surface area contributed by atoms with Gasteiger partial charge in [0.15, 0.2) is 10.9 Å². The first kappa shape index (κ1) is 17.7. The number of aromatic nitrogens is 2. The molecular weight excluding hydrogens is 308 g/mol. The lowest BCUT2D eigenvalue weighted by Crippen LogP contribution is -2.04. The Morgan fingerprint density at radius 3 is 2.61 bits per heavy atom. The van der Waals surface area contributed by atoms with Gasteiger partial charge in [0.1, 0.15) is 0 Å². The van der Waals surface area contributed by atoms with Gasteiger partial charge in [0.25, 0.3) is 0 Å². The standard InChI is InChI=1S/C18H24N2O2S/c1-13(2)9-10-16(15-7-5-4-6-8-15)18-19-17(20-22-18)11-12-23-14(3)21/h4-8,13,16H,9-12H2,1-3H3. The lowest BCUT2D eigenvalue weighted by Gasteiger charge is -2.14. The van der Waals surface area contributed by atoms with Crippen molar-refractivity contribution in [2.24, 2.45) is 5.92 Å². The molecule has 1 aromatic carbocycles. The molecule has 0 saturated heterocycles. The van der Waals surface area contributed by atoms with Crippen LogP contribution in [0.25, 0.3) is 0 Å². The van der Waals surface area contributed by atoms with E-state index in [1.807, 2.05) is 18.2 Å². The molecule has 1 atom stereocenters. The van der Waals surface area contributed by atoms with Crippen LogP contribution in [0.5, 0.6) is 0 Å². The summed E-state index contributed by atoms with van der Waals surface area (Å²) in [5.74, 6) is 2.82. The Morgan fingerprint density at radius 1 is 1.22 bits per heavy atom. The van der Waals surface area contributed by atoms with Crippen molar-refractivity contribution < 1.29 is 9.32 Å². The molecule has 23 heavy (non-hydrogen) atoms. The second-order valence-electron chi connectivity index (χ2n) is 6.07. The van der Waals surface area contributed by atoms with Crippen molar-refractivity contribution in [3.8, 4) is 0 Å². The maximum Gasteiger partial charge on any atom is 0.234 e. The van der Waals surface area contributed by atoms with Gasteiger partial charge >= 0.3 is 0 Å². The smallest absolute Gasteiger partial charge is 0.234 e. The Hall–Kier alpha value is -1.62. The number of hydrogen-bond acceptors (Lipinski definition) is 5. The molecule has 5 heteroatoms. The Labute approximate surface area is 142 Å². The number of aryl methyl sites for hydroxylation is 1. The van der Waals surface area contributed by atoms with Gasteiger partial charge in [0, 0.05) is 19.1 Å². The first-order chi connectivity index (χ1) is 11.1. The summed E-state index contributed by atoms with van der Waals surface area (Å²) in [4.78, 5) is 15.5. The molecule has 1 aromatic heterocycles. The second kappa shape index (κ2) is 8.87. The molecular formula is C18H24N2O2S. The number of rotatable bonds is 8. The van der Waals surface area contributed by atoms with Crippen molar-refractivity contribution in [3.05, 3.63) is 47.6 Å². The number of carbonyl (C=O) groups is 1. The van der Waals surface area contributed by atoms with E-state index in [-0.39, 0.29) is 11.0 Å². The highest BCUT2D eigenvalue weighted by Gasteiger charge is 2.21. The number of thioether (sulfide) groups is 1. The topological polar surface area (TPSA) is 56.0 Å². The van der Waals surface area contributed by atoms with Gasteiger partial charge < -0.3 is 4.52 Å². The molecule has 1 heterocycles. The predicted molar refractivity (Wildman–Crippen MR) is 93.5 cm³/mol. The minimum absolute atomic E-state index is 0.118. The van der Waals surface area contributed by atoms with E-state index in [1.54, 1.807) is 6.92 Å². The maximum absolute atomic E-state index is 11.0. The molecule has 0 bridgehead atoms. The molecule has 0 fully saturated rings. The molecule has 0 amide bonds. The van der Waals surface area contributed by atoms with Crippen molar-refractivity contribution in [2.45, 2.75) is 46.0 Å². The summed E-state index contributed by atoms with van der Waals surface area (Å²) < 4.78 is 5.52. The van der Waals surface area contributed by atoms with Crippen LogP contribution in [0.1, 0.15) is 56.8 Å². The minimum atomic E-state index is 0.118. The first-order valence-electron chi connectivity index (χ1n) is 8.07. The van der Waals surface area contributed by atoms with Crippen molar-refractivity contribution in [1.82, 2.24) is 10.1 Å². The van der Waals surface area contributed by atoms with Crippen LogP contribution in [-0.2, 0) is 11.2 Å². The Balaban J connectivity index is 2.09. The molecule has 0 saturated carbocycles. The fraction of sp³-hybridized carbons (Fsp3) is 0.500. The van der Waals surface area contributed by atoms with Crippen molar-refractivity contribution in [1.29, 1.82) is 0 Å². The lowest BCUT2D eigenvalue weighted by molar-refractivity contribution is -0.109. The normalized spacial score (nSPS) is 12.5. The number of benzene rings is 1. The van der Waals surface area contributed by atoms with Gasteiger partial charge in [-0.2, -0.15) is 4.98 Å². The fourth-order valence-corrected chi connectivity index (χ4v) is 2.99. The summed E-state index contributed by atoms with van der Waals surface area (Å²) in [6.07, 6.45) is 2.75. The van der Waals surface area contributed by atoms with E-state index < -0.39 is 0 Å². The molecule has 0 radical (unpaired) electrons. The zero-order chi connectivity index (χ0) is 16.7. The molecule has 1 unspecified atom stereocenters. The molecule has 0 aliphatic carbocycles. The zero-order valence-corrected chi connectivity index (χ0v) is 14.8. The summed E-state index contributed by atoms with van der Waals surface area (Å²) in [6, 6.07) is 10.3. The summed E-state index contributed by atoms with van der Waals surface area (Å²) in [5.41, 5.74) is 1.21. The van der Waals surface area contributed by atoms with Crippen LogP contribution in [-0.4, -0.2) is 21.0 Å². The monoisotopic (exact) mass is 332 g/mol. The molecule has 2 rings (SSSR count). The largest absolute Gasteiger partial charge is 0.339 e. The fourth-order valence-electron chi connectivity index (χ4n) is 2.41. The molecule has 2 aromatic rings. The van der Waals surface area contributed by atoms with Crippen LogP contribution in [0.2, 0.25) is 0 Å². The number of nitrogens with zero attached hydrogens (tertiary/aromatic N) is 2. The quantitative estimate of drug-likeness (QED) is 0.714. The SMILES string of the molecule is CC(=O)SCCc1noc(C(CCC(C)C)c2ccccc2)n1. The van der Waals surface area contributed by atoms with Gasteiger partial charge in [-0.05, 0) is 24.3 Å². The second-order valence-corrected chi connectivity index (χ2v) is 7.35. The highest BCUT2D eigenvalue weighted by Crippen LogP contribution is 2.29. The highest BCUT2D eigenvalue weighted by atomic mass is 32.2. The van der Waals surface area contributed by atoms with Crippen LogP contribution in [0.3, 0.4) is 0 Å². The third kappa shape index (κ3) is 5.82. The predicted octanol–water partition coefficient (Wildman–Crippen LogP) is 4.46. The van der Waals surface area contributed by atoms with E-state index in [0.29, 0.717) is 29.8 Å². The summed E-state index contributed by atoms with van der Waals surface area (Å²) in [5, 5.41) is 4.19. The zero-order valence-electron chi connectivity index (χ0n) is 14.0. The molecule has 0 spiro atoms. The summed E-state index contributed by atoms with van der Waals surface area (Å²) >= 11 is 1.29. The van der Waals surface area contributed by atoms with E-state index in [2.05, 4.69) is 36.1 Å². The van der Waals surface area contributed by atoms with Crippen molar-refractivity contribution >= 4 is 16.9 Å². The van der Waals surface area contributed by atoms with Crippen LogP contribution < -0.4 is 0 Å². The Bertz CT molecular complexity index is 610. The maximum atomic E-state index is 11.0. The van der Waals surface area contributed by atoms with E-state index in [0.717, 1.165) is 12.8 Å². The van der Waals surface area contributed by atoms with Gasteiger partial charge in [-0.15, -0.1) is 0 Å². The van der Waals surface area contributed by atoms with Crippen LogP contribution in [0.15, 0.2) is 34.9 Å². The summed E-state index contributed by atoms with van der Waals surface area (Å²) in [7, 11) is 0. The highest BCUT2D eigenvalue weighted by molar-refractivity contribution is 8.13. The van der Waals surface area contributed by atoms with Crippen molar-refractivity contribution in [2.75, 3.05) is 5.75 Å². The van der Waals surface area contributed by atoms with Crippen LogP contribution >= 0.6 is 11.8 Å². The van der Waals surface area contributed by atoms with E-state index in [4.69, 9.17) is 4.52 Å². The van der Waals surface area contributed by atoms with Gasteiger partial charge in [-0.3, -0.25) is 4.79 Å². The molecule has 0 aliphatic heterocycles. The Kier molecular flexibility index (Phi) is 6.84. The van der Waals surface area contributed by atoms with E-state index in [9.17, 15) is 4.79 Å². The first-order valence-corrected chi connectivity index (χ1v) is 9.05. The van der Waals surface area contributed by atoms with E-state index >= 15 is 0 Å². The number of carbonyl (C=O) groups excluding carboxylic acids is 1. The summed E-state index contributed by atoms with van der Waals surface area (Å²) in [6.45, 7) is 6.02.